The summed E-state index contributed by atoms with van der Waals surface area (Å²) in [6.45, 7) is 1.88. The third-order valence-corrected chi connectivity index (χ3v) is 2.66. The van der Waals surface area contributed by atoms with Crippen LogP contribution in [0.2, 0.25) is 0 Å². The number of amides is 1. The summed E-state index contributed by atoms with van der Waals surface area (Å²) in [5.41, 5.74) is 7.51. The topological polar surface area (TPSA) is 68.0 Å². The molecule has 0 fully saturated rings. The van der Waals surface area contributed by atoms with Crippen LogP contribution in [-0.2, 0) is 0 Å². The van der Waals surface area contributed by atoms with E-state index in [0.29, 0.717) is 5.69 Å². The van der Waals surface area contributed by atoms with Crippen molar-refractivity contribution in [2.24, 2.45) is 5.73 Å². The Morgan fingerprint density at radius 2 is 2.00 bits per heavy atom. The number of carbonyl (C=O) groups excluding carboxylic acids is 1. The van der Waals surface area contributed by atoms with Gasteiger partial charge in [0.2, 0.25) is 0 Å². The van der Waals surface area contributed by atoms with E-state index in [4.69, 9.17) is 5.73 Å². The fourth-order valence-corrected chi connectivity index (χ4v) is 1.61. The van der Waals surface area contributed by atoms with E-state index in [1.54, 1.807) is 12.1 Å². The molecule has 98 valence electrons. The molecule has 0 saturated carbocycles. The van der Waals surface area contributed by atoms with Gasteiger partial charge in [-0.25, -0.2) is 4.39 Å². The van der Waals surface area contributed by atoms with E-state index in [2.05, 4.69) is 10.3 Å². The number of pyridine rings is 1. The van der Waals surface area contributed by atoms with Crippen LogP contribution in [0.3, 0.4) is 0 Å². The molecule has 1 amide bonds. The molecule has 0 aliphatic carbocycles. The average molecular weight is 259 g/mol. The molecular formula is C14H14FN3O. The lowest BCUT2D eigenvalue weighted by atomic mass is 10.1. The lowest BCUT2D eigenvalue weighted by Gasteiger charge is -2.08. The van der Waals surface area contributed by atoms with Crippen LogP contribution in [0.15, 0.2) is 42.7 Å². The van der Waals surface area contributed by atoms with Gasteiger partial charge in [0, 0.05) is 17.9 Å². The molecule has 0 spiro atoms. The molecule has 0 radical (unpaired) electrons. The number of rotatable bonds is 3. The monoisotopic (exact) mass is 259 g/mol. The highest BCUT2D eigenvalue weighted by Gasteiger charge is 2.08. The summed E-state index contributed by atoms with van der Waals surface area (Å²) >= 11 is 0. The molecule has 2 aromatic rings. The van der Waals surface area contributed by atoms with E-state index in [0.717, 1.165) is 17.8 Å². The summed E-state index contributed by atoms with van der Waals surface area (Å²) < 4.78 is 13.0. The molecule has 19 heavy (non-hydrogen) atoms. The van der Waals surface area contributed by atoms with Crippen molar-refractivity contribution in [1.82, 2.24) is 4.98 Å². The number of nitrogens with one attached hydrogen (secondary N) is 1. The van der Waals surface area contributed by atoms with Crippen LogP contribution in [0, 0.1) is 5.82 Å². The van der Waals surface area contributed by atoms with Crippen molar-refractivity contribution >= 4 is 11.6 Å². The number of anilines is 1. The smallest absolute Gasteiger partial charge is 0.257 e. The maximum atomic E-state index is 13.0. The predicted molar refractivity (Wildman–Crippen MR) is 71.2 cm³/mol. The quantitative estimate of drug-likeness (QED) is 0.889. The zero-order chi connectivity index (χ0) is 13.8. The summed E-state index contributed by atoms with van der Waals surface area (Å²) in [5, 5.41) is 2.67. The number of aromatic nitrogens is 1. The van der Waals surface area contributed by atoms with E-state index >= 15 is 0 Å². The van der Waals surface area contributed by atoms with Gasteiger partial charge in [0.15, 0.2) is 0 Å². The lowest BCUT2D eigenvalue weighted by molar-refractivity contribution is 0.102. The van der Waals surface area contributed by atoms with Crippen molar-refractivity contribution in [3.8, 4) is 0 Å². The first-order valence-electron chi connectivity index (χ1n) is 5.83. The molecule has 1 unspecified atom stereocenters. The molecule has 1 aromatic carbocycles. The molecule has 2 rings (SSSR count). The van der Waals surface area contributed by atoms with Crippen molar-refractivity contribution in [3.63, 3.8) is 0 Å². The molecule has 5 heteroatoms. The van der Waals surface area contributed by atoms with E-state index in [1.165, 1.54) is 6.20 Å². The van der Waals surface area contributed by atoms with Gasteiger partial charge < -0.3 is 11.1 Å². The molecular weight excluding hydrogens is 245 g/mol. The Hall–Kier alpha value is -2.27. The van der Waals surface area contributed by atoms with Crippen LogP contribution >= 0.6 is 0 Å². The largest absolute Gasteiger partial charge is 0.324 e. The van der Waals surface area contributed by atoms with E-state index in [1.807, 2.05) is 19.1 Å². The van der Waals surface area contributed by atoms with Crippen molar-refractivity contribution in [2.75, 3.05) is 5.32 Å². The zero-order valence-corrected chi connectivity index (χ0v) is 10.4. The maximum Gasteiger partial charge on any atom is 0.257 e. The van der Waals surface area contributed by atoms with Crippen molar-refractivity contribution in [1.29, 1.82) is 0 Å². The summed E-state index contributed by atoms with van der Waals surface area (Å²) in [6.07, 6.45) is 2.36. The first kappa shape index (κ1) is 13.2. The Kier molecular flexibility index (Phi) is 3.87. The van der Waals surface area contributed by atoms with Crippen molar-refractivity contribution in [3.05, 3.63) is 59.7 Å². The fraction of sp³-hybridized carbons (Fsp3) is 0.143. The molecule has 0 aliphatic rings. The van der Waals surface area contributed by atoms with Crippen LogP contribution in [0.1, 0.15) is 28.9 Å². The molecule has 4 nitrogen and oxygen atoms in total. The standard InChI is InChI=1S/C14H14FN3O/c1-9(16)10-2-4-13(5-3-10)18-14(19)11-6-12(15)8-17-7-11/h2-9H,16H2,1H3,(H,18,19). The van der Waals surface area contributed by atoms with Gasteiger partial charge in [0.25, 0.3) is 5.91 Å². The van der Waals surface area contributed by atoms with Gasteiger partial charge in [-0.15, -0.1) is 0 Å². The Bertz CT molecular complexity index is 581. The first-order chi connectivity index (χ1) is 9.06. The number of hydrogen-bond acceptors (Lipinski definition) is 3. The highest BCUT2D eigenvalue weighted by molar-refractivity contribution is 6.04. The number of carbonyl (C=O) groups is 1. The van der Waals surface area contributed by atoms with Crippen LogP contribution < -0.4 is 11.1 Å². The first-order valence-corrected chi connectivity index (χ1v) is 5.83. The molecule has 0 saturated heterocycles. The van der Waals surface area contributed by atoms with Gasteiger partial charge in [0.05, 0.1) is 11.8 Å². The molecule has 0 aliphatic heterocycles. The second kappa shape index (κ2) is 5.58. The van der Waals surface area contributed by atoms with Crippen molar-refractivity contribution < 1.29 is 9.18 Å². The summed E-state index contributed by atoms with van der Waals surface area (Å²) in [6, 6.07) is 8.26. The predicted octanol–water partition coefficient (Wildman–Crippen LogP) is 2.49. The third kappa shape index (κ3) is 3.35. The molecule has 1 heterocycles. The normalized spacial score (nSPS) is 11.9. The number of benzene rings is 1. The number of halogens is 1. The summed E-state index contributed by atoms with van der Waals surface area (Å²) in [4.78, 5) is 15.5. The average Bonchev–Trinajstić information content (AvgIpc) is 2.39. The van der Waals surface area contributed by atoms with E-state index in [9.17, 15) is 9.18 Å². The second-order valence-electron chi connectivity index (χ2n) is 4.26. The van der Waals surface area contributed by atoms with Crippen molar-refractivity contribution in [2.45, 2.75) is 13.0 Å². The van der Waals surface area contributed by atoms with Gasteiger partial charge in [-0.2, -0.15) is 0 Å². The molecule has 0 bridgehead atoms. The Morgan fingerprint density at radius 3 is 2.58 bits per heavy atom. The SMILES string of the molecule is CC(N)c1ccc(NC(=O)c2cncc(F)c2)cc1. The number of nitrogens with two attached hydrogens (primary N) is 1. The second-order valence-corrected chi connectivity index (χ2v) is 4.26. The van der Waals surface area contributed by atoms with Gasteiger partial charge in [-0.05, 0) is 30.7 Å². The van der Waals surface area contributed by atoms with Gasteiger partial charge in [-0.3, -0.25) is 9.78 Å². The Balaban J connectivity index is 2.10. The lowest BCUT2D eigenvalue weighted by Crippen LogP contribution is -2.12. The van der Waals surface area contributed by atoms with Crippen LogP contribution in [0.25, 0.3) is 0 Å². The van der Waals surface area contributed by atoms with Gasteiger partial charge in [-0.1, -0.05) is 12.1 Å². The van der Waals surface area contributed by atoms with Crippen LogP contribution in [0.4, 0.5) is 10.1 Å². The Labute approximate surface area is 110 Å². The third-order valence-electron chi connectivity index (χ3n) is 2.66. The zero-order valence-electron chi connectivity index (χ0n) is 10.4. The minimum absolute atomic E-state index is 0.0582. The molecule has 1 aromatic heterocycles. The number of hydrogen-bond donors (Lipinski definition) is 2. The molecule has 1 atom stereocenters. The van der Waals surface area contributed by atoms with Gasteiger partial charge >= 0.3 is 0 Å². The highest BCUT2D eigenvalue weighted by Crippen LogP contribution is 2.15. The minimum Gasteiger partial charge on any atom is -0.324 e. The number of nitrogens with zero attached hydrogens (tertiary/aromatic N) is 1. The summed E-state index contributed by atoms with van der Waals surface area (Å²) in [5.74, 6) is -0.944. The van der Waals surface area contributed by atoms with E-state index in [-0.39, 0.29) is 11.6 Å². The minimum atomic E-state index is -0.542. The highest BCUT2D eigenvalue weighted by atomic mass is 19.1. The van der Waals surface area contributed by atoms with Crippen LogP contribution in [-0.4, -0.2) is 10.9 Å². The maximum absolute atomic E-state index is 13.0. The van der Waals surface area contributed by atoms with Crippen LogP contribution in [0.5, 0.6) is 0 Å². The fourth-order valence-electron chi connectivity index (χ4n) is 1.61. The Morgan fingerprint density at radius 1 is 1.32 bits per heavy atom. The summed E-state index contributed by atoms with van der Waals surface area (Å²) in [7, 11) is 0. The molecule has 3 N–H and O–H groups in total. The van der Waals surface area contributed by atoms with E-state index < -0.39 is 11.7 Å². The van der Waals surface area contributed by atoms with Gasteiger partial charge in [0.1, 0.15) is 5.82 Å².